The van der Waals surface area contributed by atoms with Gasteiger partial charge in [-0.15, -0.1) is 348 Å². The van der Waals surface area contributed by atoms with Gasteiger partial charge in [0.15, 0.2) is 0 Å². The minimum atomic E-state index is -0.429. The number of anilines is 3. The van der Waals surface area contributed by atoms with E-state index in [9.17, 15) is 0 Å². The normalized spacial score (nSPS) is 15.6. The van der Waals surface area contributed by atoms with E-state index in [1.165, 1.54) is 44.5 Å². The second-order valence-corrected chi connectivity index (χ2v) is 342. The number of nitrogens with zero attached hydrogens (tertiary/aromatic N) is 1. The van der Waals surface area contributed by atoms with E-state index >= 15 is 0 Å². The summed E-state index contributed by atoms with van der Waals surface area (Å²) < 4.78 is 6.61. The fourth-order valence-electron chi connectivity index (χ4n) is 13.5. The summed E-state index contributed by atoms with van der Waals surface area (Å²) >= 11 is 0. The quantitative estimate of drug-likeness (QED) is 0.0356. The monoisotopic (exact) mass is 3080 g/mol. The fraction of sp³-hybridized carbons (Fsp3) is 0.125. The Labute approximate surface area is 888 Å². The highest BCUT2D eigenvalue weighted by atomic mass is 33.6. The number of furan rings is 1. The smallest absolute Gasteiger partial charge is 0.143 e. The van der Waals surface area contributed by atoms with Crippen LogP contribution >= 0.6 is 607 Å². The number of benzene rings is 7. The molecule has 10 rings (SSSR count). The van der Waals surface area contributed by atoms with Crippen LogP contribution in [0, 0.1) is 0 Å². The van der Waals surface area contributed by atoms with Crippen LogP contribution in [0.2, 0.25) is 0 Å². The topological polar surface area (TPSA) is 16.4 Å². The molecule has 0 spiro atoms. The third-order valence-electron chi connectivity index (χ3n) is 18.2. The van der Waals surface area contributed by atoms with Crippen molar-refractivity contribution in [2.75, 3.05) is 4.90 Å². The maximum Gasteiger partial charge on any atom is 0.143 e. The Kier molecular flexibility index (Phi) is 70.7. The number of hydrogen-bond acceptors (Lipinski definition) is 2. The molecule has 1 aromatic heterocycles. The minimum Gasteiger partial charge on any atom is -0.455 e. The molecule has 0 saturated heterocycles. The molecule has 698 valence electrons. The van der Waals surface area contributed by atoms with Crippen molar-refractivity contribution in [3.63, 3.8) is 0 Å². The van der Waals surface area contributed by atoms with Gasteiger partial charge in [0.05, 0.1) is 5.69 Å². The molecule has 0 N–H and O–H groups in total. The Morgan fingerprint density at radius 3 is 0.754 bits per heavy atom. The first-order chi connectivity index (χ1) is 58.8. The molecule has 8 aromatic rings. The zero-order valence-corrected chi connectivity index (χ0v) is 146. The van der Waals surface area contributed by atoms with Gasteiger partial charge in [-0.3, -0.25) is 0 Å². The highest BCUT2D eigenvalue weighted by Gasteiger charge is 2.65. The van der Waals surface area contributed by atoms with Gasteiger partial charge in [0, 0.05) is 44.1 Å². The first-order valence-corrected chi connectivity index (χ1v) is 173. The number of para-hydroxylation sites is 3. The van der Waals surface area contributed by atoms with Crippen molar-refractivity contribution in [2.45, 2.75) is 38.5 Å². The Hall–Kier alpha value is 26.8. The lowest BCUT2D eigenvalue weighted by Crippen LogP contribution is -2.16. The van der Waals surface area contributed by atoms with Gasteiger partial charge in [-0.1, -0.05) is 143 Å². The molecule has 1 heterocycles. The summed E-state index contributed by atoms with van der Waals surface area (Å²) in [6, 6.07) is 55.6. The van der Waals surface area contributed by atoms with Crippen LogP contribution in [-0.2, 0) is 10.8 Å². The second kappa shape index (κ2) is 65.4. The van der Waals surface area contributed by atoms with E-state index in [0.29, 0.717) is 0 Å². The molecular weight excluding hydrogens is 2960 g/mol. The molecular formula is C48H115NOP76. The van der Waals surface area contributed by atoms with Crippen LogP contribution in [0.25, 0.3) is 55.3 Å². The molecule has 0 aliphatic heterocycles. The van der Waals surface area contributed by atoms with E-state index in [-0.39, 0.29) is 248 Å². The van der Waals surface area contributed by atoms with Crippen LogP contribution in [0.5, 0.6) is 0 Å². The third kappa shape index (κ3) is 35.0. The zero-order chi connectivity index (χ0) is 94.1. The molecule has 0 radical (unpaired) electrons. The molecule has 2 aliphatic carbocycles. The number of rotatable bonds is 40. The summed E-state index contributed by atoms with van der Waals surface area (Å²) in [5.41, 5.74) is 18.0. The lowest BCUT2D eigenvalue weighted by molar-refractivity contribution is 0.660. The number of fused-ring (bicyclic) bond motifs is 9. The van der Waals surface area contributed by atoms with Crippen LogP contribution < -0.4 is 4.90 Å². The van der Waals surface area contributed by atoms with E-state index in [4.69, 9.17) is 4.42 Å². The van der Waals surface area contributed by atoms with Gasteiger partial charge in [0.1, 0.15) is 11.2 Å². The Morgan fingerprint density at radius 1 is 0.206 bits per heavy atom. The third-order valence-corrected chi connectivity index (χ3v) is 554. The average molecular weight is 3080 g/mol. The molecule has 0 saturated carbocycles. The average Bonchev–Trinajstić information content (AvgIpc) is 1.61. The van der Waals surface area contributed by atoms with Crippen molar-refractivity contribution in [3.8, 4) is 33.4 Å². The van der Waals surface area contributed by atoms with E-state index in [1.807, 2.05) is 6.07 Å². The summed E-state index contributed by atoms with van der Waals surface area (Å²) in [5, 5.41) is 2.27. The fourth-order valence-corrected chi connectivity index (χ4v) is 1120. The van der Waals surface area contributed by atoms with Crippen molar-refractivity contribution in [3.05, 3.63) is 174 Å². The van der Waals surface area contributed by atoms with Crippen molar-refractivity contribution >= 4 is 646 Å². The van der Waals surface area contributed by atoms with Crippen LogP contribution in [0.3, 0.4) is 0 Å². The van der Waals surface area contributed by atoms with Gasteiger partial charge < -0.3 is 9.32 Å². The standard InChI is InChI=1S/C48H37NO.H78P76/c1-47(2)40-20-9-5-14-32(40)38-28-30(24-26-42(38)47)49(31-25-27-43-39(29-31)33-15-6-10-21-41(33)48(43,3)4)44-22-11-7-16-34(44)36-18-13-19-37-35-17-8-12-23-45(35)50-46(36)37;1-40(2)59(39)69(60(41(3)4)42(5)6)74(70(61(43(7)8)44(9)10)62(45(11)12)46(13)14)76(73(67(55(31)32)56(33)34)68(57(35)36)58(37)38)75(71(63(47(15)16)48(17)18)64(49(19)20)50(21)22)72(65(51(23)24)52(25)26)66(53(27)28)54(29)30/h5-29H,1-4H3;1-39H2. The van der Waals surface area contributed by atoms with Gasteiger partial charge in [0.2, 0.25) is 0 Å². The molecule has 2 nitrogen and oxygen atoms in total. The van der Waals surface area contributed by atoms with E-state index in [0.717, 1.165) is 50.1 Å². The molecule has 78 heteroatoms. The van der Waals surface area contributed by atoms with E-state index < -0.39 is 21.0 Å². The van der Waals surface area contributed by atoms with Crippen molar-refractivity contribution in [1.82, 2.24) is 0 Å². The summed E-state index contributed by atoms with van der Waals surface area (Å²) in [5.74, 6) is 0. The summed E-state index contributed by atoms with van der Waals surface area (Å²) in [7, 11) is 143. The molecule has 0 fully saturated rings. The largest absolute Gasteiger partial charge is 0.455 e. The van der Waals surface area contributed by atoms with Crippen LogP contribution in [0.1, 0.15) is 49.9 Å². The van der Waals surface area contributed by atoms with Crippen LogP contribution in [0.15, 0.2) is 156 Å². The molecule has 43 atom stereocenters. The second-order valence-electron chi connectivity index (χ2n) is 27.0. The molecule has 43 unspecified atom stereocenters. The Bertz CT molecular complexity index is 4530. The van der Waals surface area contributed by atoms with Gasteiger partial charge in [-0.05, 0) is 339 Å². The molecule has 2 aliphatic rings. The first-order valence-electron chi connectivity index (χ1n) is 34.9. The summed E-state index contributed by atoms with van der Waals surface area (Å²) in [6.07, 6.45) is 0. The van der Waals surface area contributed by atoms with Crippen molar-refractivity contribution in [2.24, 2.45) is 0 Å². The van der Waals surface area contributed by atoms with Crippen LogP contribution in [-0.4, -0.2) is 0 Å². The minimum absolute atomic E-state index is 0.0625. The predicted octanol–water partition coefficient (Wildman–Crippen LogP) is 57.9. The van der Waals surface area contributed by atoms with Gasteiger partial charge >= 0.3 is 0 Å². The van der Waals surface area contributed by atoms with E-state index in [1.54, 1.807) is 0 Å². The molecule has 0 amide bonds. The molecule has 7 aromatic carbocycles. The Balaban J connectivity index is 0.000000305. The van der Waals surface area contributed by atoms with Crippen molar-refractivity contribution < 1.29 is 4.42 Å². The van der Waals surface area contributed by atoms with Gasteiger partial charge in [-0.25, -0.2) is 0 Å². The molecule has 126 heavy (non-hydrogen) atoms. The summed E-state index contributed by atoms with van der Waals surface area (Å²) in [4.78, 5) is 2.46. The zero-order valence-electron chi connectivity index (χ0n) is 67.9. The maximum absolute atomic E-state index is 6.61. The lowest BCUT2D eigenvalue weighted by Gasteiger charge is -2.62. The lowest BCUT2D eigenvalue weighted by atomic mass is 9.82. The maximum atomic E-state index is 6.61. The summed E-state index contributed by atoms with van der Waals surface area (Å²) in [6.45, 7) is -2.72. The van der Waals surface area contributed by atoms with Gasteiger partial charge in [0.25, 0.3) is 0 Å². The first kappa shape index (κ1) is 136. The molecule has 0 bridgehead atoms. The Morgan fingerprint density at radius 2 is 0.444 bits per heavy atom. The van der Waals surface area contributed by atoms with Crippen LogP contribution in [0.4, 0.5) is 17.1 Å². The number of hydrogen-bond donors (Lipinski definition) is 0. The van der Waals surface area contributed by atoms with Crippen molar-refractivity contribution in [1.29, 1.82) is 0 Å². The predicted molar refractivity (Wildman–Crippen MR) is 844 cm³/mol. The highest BCUT2D eigenvalue weighted by Crippen LogP contribution is 3.51. The highest BCUT2D eigenvalue weighted by molar-refractivity contribution is 9.57. The van der Waals surface area contributed by atoms with Gasteiger partial charge in [-0.2, -0.15) is 0 Å². The SMILES string of the molecule is CC1(C)c2ccccc2-c2cc(N(c3ccc4c(c3)-c3ccccc3C4(C)C)c3ccccc3-c3cccc4c3oc3ccccc34)ccc21.PP(P)P(P)P(P(P(P)P)P(P)P)P(P(P(P(P)P)P(P)P)P(P(P)P)P(P)P)P(P(P(P(P)P)P(P)P)P(P(P)P)P(P)P)P(P(P(P(P)P)P(P)P)P(P(P)P)P(P)P)P(P(P(P)P)P(P)P)P(P(P)P)P(P)P. The van der Waals surface area contributed by atoms with E-state index in [2.05, 4.69) is 526 Å².